The van der Waals surface area contributed by atoms with Crippen molar-refractivity contribution in [2.24, 2.45) is 0 Å². The van der Waals surface area contributed by atoms with Crippen LogP contribution in [0.3, 0.4) is 0 Å². The predicted octanol–water partition coefficient (Wildman–Crippen LogP) is 5.02. The van der Waals surface area contributed by atoms with Crippen LogP contribution < -0.4 is 10.1 Å². The second-order valence-electron chi connectivity index (χ2n) is 8.15. The third-order valence-corrected chi connectivity index (χ3v) is 6.58. The molecule has 0 unspecified atom stereocenters. The molecule has 3 aromatic carbocycles. The lowest BCUT2D eigenvalue weighted by atomic mass is 10.1. The number of nitrogens with one attached hydrogen (secondary N) is 1. The van der Waals surface area contributed by atoms with E-state index in [-0.39, 0.29) is 18.1 Å². The fourth-order valence-electron chi connectivity index (χ4n) is 3.58. The van der Waals surface area contributed by atoms with Crippen molar-refractivity contribution in [1.29, 1.82) is 0 Å². The molecule has 9 nitrogen and oxygen atoms in total. The highest BCUT2D eigenvalue weighted by molar-refractivity contribution is 7.98. The summed E-state index contributed by atoms with van der Waals surface area (Å²) in [6, 6.07) is 19.5. The van der Waals surface area contributed by atoms with Crippen LogP contribution in [0.1, 0.15) is 32.9 Å². The van der Waals surface area contributed by atoms with Gasteiger partial charge in [0.05, 0.1) is 24.3 Å². The van der Waals surface area contributed by atoms with Crippen LogP contribution in [0.15, 0.2) is 71.9 Å². The molecule has 4 rings (SSSR count). The van der Waals surface area contributed by atoms with E-state index in [9.17, 15) is 14.9 Å². The van der Waals surface area contributed by atoms with E-state index in [1.165, 1.54) is 23.9 Å². The molecule has 0 bridgehead atoms. The number of aryl methyl sites for hydroxylation is 2. The number of hydrogen-bond donors (Lipinski definition) is 1. The summed E-state index contributed by atoms with van der Waals surface area (Å²) in [5.41, 5.74) is 4.55. The molecule has 4 aromatic rings. The van der Waals surface area contributed by atoms with E-state index in [4.69, 9.17) is 4.74 Å². The second-order valence-corrected chi connectivity index (χ2v) is 9.09. The molecular weight excluding hydrogens is 478 g/mol. The van der Waals surface area contributed by atoms with Gasteiger partial charge >= 0.3 is 0 Å². The molecule has 0 radical (unpaired) electrons. The maximum Gasteiger partial charge on any atom is 0.269 e. The lowest BCUT2D eigenvalue weighted by molar-refractivity contribution is -0.384. The van der Waals surface area contributed by atoms with E-state index in [2.05, 4.69) is 21.6 Å². The number of ether oxygens (including phenoxy) is 1. The Kier molecular flexibility index (Phi) is 7.65. The fourth-order valence-corrected chi connectivity index (χ4v) is 4.50. The molecule has 0 atom stereocenters. The lowest BCUT2D eigenvalue weighted by Crippen LogP contribution is -2.24. The van der Waals surface area contributed by atoms with Gasteiger partial charge in [-0.15, -0.1) is 10.2 Å². The molecule has 0 fully saturated rings. The molecule has 0 aliphatic heterocycles. The molecule has 184 valence electrons. The van der Waals surface area contributed by atoms with Gasteiger partial charge in [0.1, 0.15) is 5.75 Å². The molecule has 0 saturated carbocycles. The van der Waals surface area contributed by atoms with Crippen molar-refractivity contribution in [3.05, 3.63) is 105 Å². The van der Waals surface area contributed by atoms with Gasteiger partial charge in [0.15, 0.2) is 11.0 Å². The van der Waals surface area contributed by atoms with Crippen molar-refractivity contribution in [2.45, 2.75) is 31.3 Å². The summed E-state index contributed by atoms with van der Waals surface area (Å²) in [4.78, 5) is 23.2. The minimum absolute atomic E-state index is 0.0530. The summed E-state index contributed by atoms with van der Waals surface area (Å²) in [5.74, 6) is 1.60. The average molecular weight is 504 g/mol. The molecule has 1 amide bonds. The van der Waals surface area contributed by atoms with Gasteiger partial charge in [-0.1, -0.05) is 36.0 Å². The van der Waals surface area contributed by atoms with E-state index < -0.39 is 4.92 Å². The SMILES string of the molecule is COc1ccc(C(=O)NCc2nnc(SCc3ccc([N+](=O)[O-])cc3)n2-c2cc(C)ccc2C)cc1. The average Bonchev–Trinajstić information content (AvgIpc) is 3.30. The number of nitro groups is 1. The molecule has 1 heterocycles. The normalized spacial score (nSPS) is 10.8. The summed E-state index contributed by atoms with van der Waals surface area (Å²) in [5, 5.41) is 23.3. The van der Waals surface area contributed by atoms with E-state index in [0.717, 1.165) is 22.4 Å². The molecule has 0 aliphatic carbocycles. The summed E-state index contributed by atoms with van der Waals surface area (Å²) >= 11 is 1.47. The zero-order chi connectivity index (χ0) is 25.7. The number of thioether (sulfide) groups is 1. The fraction of sp³-hybridized carbons (Fsp3) is 0.192. The van der Waals surface area contributed by atoms with E-state index in [1.807, 2.05) is 30.5 Å². The Hall–Kier alpha value is -4.18. The van der Waals surface area contributed by atoms with Crippen LogP contribution in [0.25, 0.3) is 5.69 Å². The number of non-ortho nitro benzene ring substituents is 1. The number of nitro benzene ring substituents is 1. The van der Waals surface area contributed by atoms with Gasteiger partial charge in [0.2, 0.25) is 0 Å². The van der Waals surface area contributed by atoms with Gasteiger partial charge in [-0.2, -0.15) is 0 Å². The van der Waals surface area contributed by atoms with Crippen LogP contribution in [0.5, 0.6) is 5.75 Å². The predicted molar refractivity (Wildman–Crippen MR) is 138 cm³/mol. The Morgan fingerprint density at radius 3 is 2.44 bits per heavy atom. The number of nitrogens with zero attached hydrogens (tertiary/aromatic N) is 4. The first-order chi connectivity index (χ1) is 17.4. The zero-order valence-electron chi connectivity index (χ0n) is 20.1. The van der Waals surface area contributed by atoms with Crippen LogP contribution in [-0.2, 0) is 12.3 Å². The van der Waals surface area contributed by atoms with Gasteiger partial charge in [-0.25, -0.2) is 0 Å². The van der Waals surface area contributed by atoms with Crippen molar-refractivity contribution in [3.8, 4) is 11.4 Å². The Morgan fingerprint density at radius 2 is 1.78 bits per heavy atom. The van der Waals surface area contributed by atoms with Crippen molar-refractivity contribution in [1.82, 2.24) is 20.1 Å². The molecular formula is C26H25N5O4S. The number of rotatable bonds is 9. The standard InChI is InChI=1S/C26H25N5O4S/c1-17-4-5-18(2)23(14-17)30-24(15-27-25(32)20-8-12-22(35-3)13-9-20)28-29-26(30)36-16-19-6-10-21(11-7-19)31(33)34/h4-14H,15-16H2,1-3H3,(H,27,32). The number of hydrogen-bond acceptors (Lipinski definition) is 7. The minimum Gasteiger partial charge on any atom is -0.497 e. The van der Waals surface area contributed by atoms with Crippen LogP contribution in [-0.4, -0.2) is 32.7 Å². The summed E-state index contributed by atoms with van der Waals surface area (Å²) < 4.78 is 7.10. The number of amides is 1. The molecule has 0 saturated heterocycles. The Morgan fingerprint density at radius 1 is 1.06 bits per heavy atom. The number of carbonyl (C=O) groups is 1. The third kappa shape index (κ3) is 5.72. The van der Waals surface area contributed by atoms with Crippen molar-refractivity contribution in [3.63, 3.8) is 0 Å². The molecule has 1 aromatic heterocycles. The number of benzene rings is 3. The first kappa shape index (κ1) is 24.9. The first-order valence-electron chi connectivity index (χ1n) is 11.2. The summed E-state index contributed by atoms with van der Waals surface area (Å²) in [6.07, 6.45) is 0. The summed E-state index contributed by atoms with van der Waals surface area (Å²) in [7, 11) is 1.58. The molecule has 0 aliphatic rings. The van der Waals surface area contributed by atoms with Crippen LogP contribution >= 0.6 is 11.8 Å². The maximum absolute atomic E-state index is 12.7. The van der Waals surface area contributed by atoms with E-state index >= 15 is 0 Å². The minimum atomic E-state index is -0.416. The Balaban J connectivity index is 1.57. The second kappa shape index (κ2) is 11.0. The molecule has 0 spiro atoms. The maximum atomic E-state index is 12.7. The Labute approximate surface area is 212 Å². The topological polar surface area (TPSA) is 112 Å². The first-order valence-corrected chi connectivity index (χ1v) is 12.1. The number of aromatic nitrogens is 3. The smallest absolute Gasteiger partial charge is 0.269 e. The van der Waals surface area contributed by atoms with Gasteiger partial charge in [-0.05, 0) is 60.9 Å². The van der Waals surface area contributed by atoms with E-state index in [1.54, 1.807) is 43.5 Å². The highest BCUT2D eigenvalue weighted by Crippen LogP contribution is 2.28. The number of carbonyl (C=O) groups excluding carboxylic acids is 1. The van der Waals surface area contributed by atoms with Gasteiger partial charge in [0, 0.05) is 23.4 Å². The highest BCUT2D eigenvalue weighted by Gasteiger charge is 2.18. The van der Waals surface area contributed by atoms with Gasteiger partial charge in [-0.3, -0.25) is 19.5 Å². The van der Waals surface area contributed by atoms with Gasteiger partial charge < -0.3 is 10.1 Å². The van der Waals surface area contributed by atoms with Crippen LogP contribution in [0.4, 0.5) is 5.69 Å². The lowest BCUT2D eigenvalue weighted by Gasteiger charge is -2.14. The largest absolute Gasteiger partial charge is 0.497 e. The molecule has 36 heavy (non-hydrogen) atoms. The third-order valence-electron chi connectivity index (χ3n) is 5.58. The number of methoxy groups -OCH3 is 1. The van der Waals surface area contributed by atoms with Crippen LogP contribution in [0, 0.1) is 24.0 Å². The van der Waals surface area contributed by atoms with Crippen molar-refractivity contribution >= 4 is 23.4 Å². The quantitative estimate of drug-likeness (QED) is 0.194. The highest BCUT2D eigenvalue weighted by atomic mass is 32.2. The zero-order valence-corrected chi connectivity index (χ0v) is 20.9. The Bertz CT molecular complexity index is 1380. The monoisotopic (exact) mass is 503 g/mol. The van der Waals surface area contributed by atoms with Crippen molar-refractivity contribution < 1.29 is 14.5 Å². The summed E-state index contributed by atoms with van der Waals surface area (Å²) in [6.45, 7) is 4.21. The van der Waals surface area contributed by atoms with Crippen molar-refractivity contribution in [2.75, 3.05) is 7.11 Å². The molecule has 1 N–H and O–H groups in total. The van der Waals surface area contributed by atoms with Gasteiger partial charge in [0.25, 0.3) is 11.6 Å². The molecule has 10 heteroatoms. The van der Waals surface area contributed by atoms with E-state index in [0.29, 0.717) is 28.0 Å². The van der Waals surface area contributed by atoms with Crippen LogP contribution in [0.2, 0.25) is 0 Å².